The van der Waals surface area contributed by atoms with E-state index in [1.165, 1.54) is 0 Å². The van der Waals surface area contributed by atoms with Gasteiger partial charge in [0.15, 0.2) is 0 Å². The zero-order valence-corrected chi connectivity index (χ0v) is 9.25. The monoisotopic (exact) mass is 203 g/mol. The van der Waals surface area contributed by atoms with Gasteiger partial charge in [-0.3, -0.25) is 4.79 Å². The van der Waals surface area contributed by atoms with E-state index >= 15 is 0 Å². The van der Waals surface area contributed by atoms with Gasteiger partial charge in [-0.2, -0.15) is 0 Å². The molecule has 14 heavy (non-hydrogen) atoms. The van der Waals surface area contributed by atoms with E-state index in [1.54, 1.807) is 0 Å². The van der Waals surface area contributed by atoms with Crippen LogP contribution in [0.5, 0.6) is 0 Å². The van der Waals surface area contributed by atoms with Crippen LogP contribution in [-0.4, -0.2) is 36.4 Å². The molecule has 0 aromatic rings. The maximum Gasteiger partial charge on any atom is 0.207 e. The third-order valence-corrected chi connectivity index (χ3v) is 1.69. The number of aliphatic hydroxyl groups is 1. The number of aliphatic hydroxyl groups excluding tert-OH is 1. The largest absolute Gasteiger partial charge is 0.393 e. The van der Waals surface area contributed by atoms with Crippen molar-refractivity contribution in [2.45, 2.75) is 45.3 Å². The Bertz CT molecular complexity index is 154. The SMILES string of the molecule is CC(C)(C)OCCC(O)CCNC=O. The van der Waals surface area contributed by atoms with E-state index in [-0.39, 0.29) is 5.60 Å². The molecule has 0 aromatic heterocycles. The molecule has 0 fully saturated rings. The molecule has 0 aliphatic rings. The first-order valence-corrected chi connectivity index (χ1v) is 4.95. The molecule has 0 aromatic carbocycles. The molecule has 0 saturated heterocycles. The number of hydrogen-bond acceptors (Lipinski definition) is 3. The number of rotatable bonds is 7. The Morgan fingerprint density at radius 2 is 2.07 bits per heavy atom. The van der Waals surface area contributed by atoms with Crippen molar-refractivity contribution in [2.75, 3.05) is 13.2 Å². The van der Waals surface area contributed by atoms with E-state index in [9.17, 15) is 9.90 Å². The Balaban J connectivity index is 3.35. The van der Waals surface area contributed by atoms with E-state index in [1.807, 2.05) is 20.8 Å². The summed E-state index contributed by atoms with van der Waals surface area (Å²) in [5.41, 5.74) is -0.152. The highest BCUT2D eigenvalue weighted by atomic mass is 16.5. The van der Waals surface area contributed by atoms with Crippen LogP contribution in [-0.2, 0) is 9.53 Å². The molecule has 4 nitrogen and oxygen atoms in total. The fourth-order valence-corrected chi connectivity index (χ4v) is 0.954. The molecule has 84 valence electrons. The minimum Gasteiger partial charge on any atom is -0.393 e. The summed E-state index contributed by atoms with van der Waals surface area (Å²) in [6, 6.07) is 0. The van der Waals surface area contributed by atoms with Crippen molar-refractivity contribution in [3.8, 4) is 0 Å². The second-order valence-corrected chi connectivity index (χ2v) is 4.26. The highest BCUT2D eigenvalue weighted by Crippen LogP contribution is 2.08. The highest BCUT2D eigenvalue weighted by Gasteiger charge is 2.11. The van der Waals surface area contributed by atoms with Crippen LogP contribution in [0.2, 0.25) is 0 Å². The average molecular weight is 203 g/mol. The van der Waals surface area contributed by atoms with E-state index in [4.69, 9.17) is 4.74 Å². The molecule has 0 aliphatic heterocycles. The van der Waals surface area contributed by atoms with E-state index in [0.717, 1.165) is 0 Å². The Morgan fingerprint density at radius 3 is 2.57 bits per heavy atom. The Hall–Kier alpha value is -0.610. The minimum absolute atomic E-state index is 0.152. The summed E-state index contributed by atoms with van der Waals surface area (Å²) in [4.78, 5) is 9.91. The third-order valence-electron chi connectivity index (χ3n) is 1.69. The Kier molecular flexibility index (Phi) is 6.49. The van der Waals surface area contributed by atoms with Gasteiger partial charge < -0.3 is 15.2 Å². The summed E-state index contributed by atoms with van der Waals surface area (Å²) < 4.78 is 5.46. The van der Waals surface area contributed by atoms with Crippen molar-refractivity contribution in [1.82, 2.24) is 5.32 Å². The normalized spacial score (nSPS) is 13.7. The molecule has 0 spiro atoms. The maximum absolute atomic E-state index is 9.91. The van der Waals surface area contributed by atoms with Crippen LogP contribution in [0.25, 0.3) is 0 Å². The smallest absolute Gasteiger partial charge is 0.207 e. The minimum atomic E-state index is -0.398. The first kappa shape index (κ1) is 13.4. The van der Waals surface area contributed by atoms with Gasteiger partial charge in [0.1, 0.15) is 0 Å². The second-order valence-electron chi connectivity index (χ2n) is 4.26. The van der Waals surface area contributed by atoms with Crippen LogP contribution >= 0.6 is 0 Å². The number of nitrogens with one attached hydrogen (secondary N) is 1. The topological polar surface area (TPSA) is 58.6 Å². The summed E-state index contributed by atoms with van der Waals surface area (Å²) in [5, 5.41) is 11.9. The predicted octanol–water partition coefficient (Wildman–Crippen LogP) is 0.689. The van der Waals surface area contributed by atoms with E-state index < -0.39 is 6.10 Å². The molecule has 0 heterocycles. The van der Waals surface area contributed by atoms with Crippen molar-refractivity contribution >= 4 is 6.41 Å². The van der Waals surface area contributed by atoms with Crippen molar-refractivity contribution in [1.29, 1.82) is 0 Å². The van der Waals surface area contributed by atoms with Gasteiger partial charge in [-0.25, -0.2) is 0 Å². The zero-order chi connectivity index (χ0) is 11.0. The van der Waals surface area contributed by atoms with Gasteiger partial charge in [0.05, 0.1) is 11.7 Å². The highest BCUT2D eigenvalue weighted by molar-refractivity contribution is 5.45. The Labute approximate surface area is 85.6 Å². The van der Waals surface area contributed by atoms with Gasteiger partial charge in [0.25, 0.3) is 0 Å². The lowest BCUT2D eigenvalue weighted by Crippen LogP contribution is -2.24. The lowest BCUT2D eigenvalue weighted by molar-refractivity contribution is -0.109. The molecule has 0 rings (SSSR count). The molecule has 2 N–H and O–H groups in total. The van der Waals surface area contributed by atoms with Crippen molar-refractivity contribution in [3.05, 3.63) is 0 Å². The van der Waals surface area contributed by atoms with Crippen LogP contribution in [0, 0.1) is 0 Å². The lowest BCUT2D eigenvalue weighted by Gasteiger charge is -2.20. The summed E-state index contributed by atoms with van der Waals surface area (Å²) in [6.45, 7) is 7.00. The molecule has 0 bridgehead atoms. The van der Waals surface area contributed by atoms with Crippen LogP contribution < -0.4 is 5.32 Å². The Morgan fingerprint density at radius 1 is 1.43 bits per heavy atom. The molecule has 0 aliphatic carbocycles. The molecule has 1 amide bonds. The average Bonchev–Trinajstić information content (AvgIpc) is 2.02. The van der Waals surface area contributed by atoms with Gasteiger partial charge >= 0.3 is 0 Å². The van der Waals surface area contributed by atoms with E-state index in [0.29, 0.717) is 32.4 Å². The molecule has 4 heteroatoms. The molecule has 0 radical (unpaired) electrons. The van der Waals surface area contributed by atoms with Crippen LogP contribution in [0.1, 0.15) is 33.6 Å². The standard InChI is InChI=1S/C10H21NO3/c1-10(2,3)14-7-5-9(13)4-6-11-8-12/h8-9,13H,4-7H2,1-3H3,(H,11,12). The molecule has 1 atom stereocenters. The van der Waals surface area contributed by atoms with E-state index in [2.05, 4.69) is 5.32 Å². The van der Waals surface area contributed by atoms with Gasteiger partial charge in [-0.1, -0.05) is 0 Å². The van der Waals surface area contributed by atoms with Crippen LogP contribution in [0.4, 0.5) is 0 Å². The number of ether oxygens (including phenoxy) is 1. The van der Waals surface area contributed by atoms with Crippen molar-refractivity contribution in [2.24, 2.45) is 0 Å². The summed E-state index contributed by atoms with van der Waals surface area (Å²) in [6.07, 6.45) is 1.42. The predicted molar refractivity (Wildman–Crippen MR) is 55.0 cm³/mol. The number of hydrogen-bond donors (Lipinski definition) is 2. The summed E-state index contributed by atoms with van der Waals surface area (Å²) in [7, 11) is 0. The quantitative estimate of drug-likeness (QED) is 0.473. The number of amides is 1. The van der Waals surface area contributed by atoms with Crippen LogP contribution in [0.15, 0.2) is 0 Å². The summed E-state index contributed by atoms with van der Waals surface area (Å²) >= 11 is 0. The molecule has 1 unspecified atom stereocenters. The first-order valence-electron chi connectivity index (χ1n) is 4.95. The van der Waals surface area contributed by atoms with Crippen LogP contribution in [0.3, 0.4) is 0 Å². The number of carbonyl (C=O) groups is 1. The third kappa shape index (κ3) is 9.48. The molecular formula is C10H21NO3. The second kappa shape index (κ2) is 6.79. The molecule has 0 saturated carbocycles. The van der Waals surface area contributed by atoms with Gasteiger partial charge in [-0.15, -0.1) is 0 Å². The zero-order valence-electron chi connectivity index (χ0n) is 9.25. The van der Waals surface area contributed by atoms with Gasteiger partial charge in [-0.05, 0) is 33.6 Å². The molecular weight excluding hydrogens is 182 g/mol. The van der Waals surface area contributed by atoms with Crippen molar-refractivity contribution < 1.29 is 14.6 Å². The summed E-state index contributed by atoms with van der Waals surface area (Å²) in [5.74, 6) is 0. The number of carbonyl (C=O) groups excluding carboxylic acids is 1. The lowest BCUT2D eigenvalue weighted by atomic mass is 10.1. The van der Waals surface area contributed by atoms with Gasteiger partial charge in [0, 0.05) is 13.2 Å². The fourth-order valence-electron chi connectivity index (χ4n) is 0.954. The fraction of sp³-hybridized carbons (Fsp3) is 0.900. The maximum atomic E-state index is 9.91. The van der Waals surface area contributed by atoms with Gasteiger partial charge in [0.2, 0.25) is 6.41 Å². The van der Waals surface area contributed by atoms with Crippen molar-refractivity contribution in [3.63, 3.8) is 0 Å². The first-order chi connectivity index (χ1) is 6.45.